The first-order chi connectivity index (χ1) is 12.4. The molecule has 2 fully saturated rings. The van der Waals surface area contributed by atoms with E-state index in [1.807, 2.05) is 11.2 Å². The average Bonchev–Trinajstić information content (AvgIpc) is 2.98. The molecule has 144 valence electrons. The Kier molecular flexibility index (Phi) is 5.89. The predicted octanol–water partition coefficient (Wildman–Crippen LogP) is 1.86. The van der Waals surface area contributed by atoms with Gasteiger partial charge in [0.15, 0.2) is 0 Å². The smallest absolute Gasteiger partial charge is 0.270 e. The maximum atomic E-state index is 13.0. The third kappa shape index (κ3) is 3.49. The van der Waals surface area contributed by atoms with Crippen LogP contribution in [0.1, 0.15) is 29.8 Å². The van der Waals surface area contributed by atoms with Crippen LogP contribution in [0.2, 0.25) is 5.02 Å². The van der Waals surface area contributed by atoms with Crippen LogP contribution >= 0.6 is 23.4 Å². The molecule has 2 aliphatic rings. The molecule has 3 heterocycles. The maximum absolute atomic E-state index is 13.0. The molecule has 1 N–H and O–H groups in total. The zero-order chi connectivity index (χ0) is 18.9. The van der Waals surface area contributed by atoms with Crippen molar-refractivity contribution in [3.8, 4) is 0 Å². The monoisotopic (exact) mass is 399 g/mol. The normalized spacial score (nSPS) is 25.9. The highest BCUT2D eigenvalue weighted by Crippen LogP contribution is 2.42. The second-order valence-electron chi connectivity index (χ2n) is 7.32. The number of hydrogen-bond acceptors (Lipinski definition) is 4. The van der Waals surface area contributed by atoms with Gasteiger partial charge in [-0.15, -0.1) is 0 Å². The van der Waals surface area contributed by atoms with Crippen molar-refractivity contribution in [1.29, 1.82) is 0 Å². The van der Waals surface area contributed by atoms with Gasteiger partial charge in [0.2, 0.25) is 5.91 Å². The SMILES string of the molecule is CSCC(=O)N1CCC[C@@]2(CO)CCN(C(=O)c3cc(Cl)cn3C)C[C@H]12. The van der Waals surface area contributed by atoms with Crippen LogP contribution in [0.15, 0.2) is 12.3 Å². The Balaban J connectivity index is 1.84. The Morgan fingerprint density at radius 3 is 2.77 bits per heavy atom. The fourth-order valence-corrected chi connectivity index (χ4v) is 5.01. The fraction of sp³-hybridized carbons (Fsp3) is 0.667. The Bertz CT molecular complexity index is 695. The molecule has 26 heavy (non-hydrogen) atoms. The van der Waals surface area contributed by atoms with Gasteiger partial charge in [-0.25, -0.2) is 0 Å². The lowest BCUT2D eigenvalue weighted by molar-refractivity contribution is -0.143. The van der Waals surface area contributed by atoms with E-state index in [1.165, 1.54) is 11.8 Å². The molecule has 1 aromatic rings. The van der Waals surface area contributed by atoms with Crippen molar-refractivity contribution in [2.24, 2.45) is 12.5 Å². The standard InChI is InChI=1S/C18H26ClN3O3S/c1-20-9-13(19)8-14(20)17(25)21-7-5-18(12-23)4-3-6-22(15(18)10-21)16(24)11-26-2/h8-9,15,23H,3-7,10-12H2,1-2H3/t15-,18-/m0/s1. The number of aliphatic hydroxyl groups excluding tert-OH is 1. The first-order valence-corrected chi connectivity index (χ1v) is 10.7. The zero-order valence-electron chi connectivity index (χ0n) is 15.3. The number of aromatic nitrogens is 1. The lowest BCUT2D eigenvalue weighted by atomic mass is 9.69. The molecule has 2 aliphatic heterocycles. The Labute approximate surface area is 163 Å². The summed E-state index contributed by atoms with van der Waals surface area (Å²) in [5.74, 6) is 0.448. The topological polar surface area (TPSA) is 65.8 Å². The highest BCUT2D eigenvalue weighted by atomic mass is 35.5. The van der Waals surface area contributed by atoms with Gasteiger partial charge in [0.05, 0.1) is 23.4 Å². The van der Waals surface area contributed by atoms with Crippen LogP contribution < -0.4 is 0 Å². The molecule has 2 amide bonds. The van der Waals surface area contributed by atoms with Gasteiger partial charge in [-0.05, 0) is 31.6 Å². The molecular formula is C18H26ClN3O3S. The van der Waals surface area contributed by atoms with E-state index < -0.39 is 0 Å². The Morgan fingerprint density at radius 2 is 2.15 bits per heavy atom. The summed E-state index contributed by atoms with van der Waals surface area (Å²) in [5, 5.41) is 10.7. The summed E-state index contributed by atoms with van der Waals surface area (Å²) in [5.41, 5.74) is 0.249. The highest BCUT2D eigenvalue weighted by molar-refractivity contribution is 7.99. The summed E-state index contributed by atoms with van der Waals surface area (Å²) in [6.45, 7) is 1.80. The first kappa shape index (κ1) is 19.6. The molecule has 0 aromatic carbocycles. The molecular weight excluding hydrogens is 374 g/mol. The van der Waals surface area contributed by atoms with Crippen molar-refractivity contribution < 1.29 is 14.7 Å². The van der Waals surface area contributed by atoms with Crippen LogP contribution in [0.3, 0.4) is 0 Å². The number of fused-ring (bicyclic) bond motifs is 1. The van der Waals surface area contributed by atoms with Crippen molar-refractivity contribution in [1.82, 2.24) is 14.4 Å². The maximum Gasteiger partial charge on any atom is 0.270 e. The Morgan fingerprint density at radius 1 is 1.38 bits per heavy atom. The number of carbonyl (C=O) groups is 2. The van der Waals surface area contributed by atoms with Crippen molar-refractivity contribution in [2.75, 3.05) is 38.2 Å². The van der Waals surface area contributed by atoms with Crippen molar-refractivity contribution in [2.45, 2.75) is 25.3 Å². The third-order valence-electron chi connectivity index (χ3n) is 5.81. The predicted molar refractivity (Wildman–Crippen MR) is 104 cm³/mol. The van der Waals surface area contributed by atoms with E-state index in [0.717, 1.165) is 12.8 Å². The number of aliphatic hydroxyl groups is 1. The minimum atomic E-state index is -0.297. The van der Waals surface area contributed by atoms with E-state index in [1.54, 1.807) is 28.8 Å². The minimum absolute atomic E-state index is 0.0543. The number of aryl methyl sites for hydroxylation is 1. The van der Waals surface area contributed by atoms with E-state index in [-0.39, 0.29) is 29.9 Å². The Hall–Kier alpha value is -1.18. The van der Waals surface area contributed by atoms with Gasteiger partial charge in [-0.1, -0.05) is 11.6 Å². The summed E-state index contributed by atoms with van der Waals surface area (Å²) in [6, 6.07) is 1.55. The zero-order valence-corrected chi connectivity index (χ0v) is 16.9. The second kappa shape index (κ2) is 7.82. The summed E-state index contributed by atoms with van der Waals surface area (Å²) >= 11 is 7.53. The van der Waals surface area contributed by atoms with Crippen LogP contribution in [-0.2, 0) is 11.8 Å². The van der Waals surface area contributed by atoms with Crippen molar-refractivity contribution in [3.63, 3.8) is 0 Å². The molecule has 0 saturated carbocycles. The van der Waals surface area contributed by atoms with Gasteiger partial charge in [-0.3, -0.25) is 9.59 Å². The molecule has 0 aliphatic carbocycles. The number of amides is 2. The molecule has 3 rings (SSSR count). The number of rotatable bonds is 4. The lowest BCUT2D eigenvalue weighted by Crippen LogP contribution is -2.64. The van der Waals surface area contributed by atoms with Crippen LogP contribution in [-0.4, -0.2) is 75.6 Å². The largest absolute Gasteiger partial charge is 0.396 e. The number of thioether (sulfide) groups is 1. The summed E-state index contributed by atoms with van der Waals surface area (Å²) in [4.78, 5) is 29.3. The van der Waals surface area contributed by atoms with Crippen molar-refractivity contribution in [3.05, 3.63) is 23.0 Å². The van der Waals surface area contributed by atoms with E-state index in [0.29, 0.717) is 42.5 Å². The molecule has 2 saturated heterocycles. The fourth-order valence-electron chi connectivity index (χ4n) is 4.35. The number of hydrogen-bond donors (Lipinski definition) is 1. The summed E-state index contributed by atoms with van der Waals surface area (Å²) in [6.07, 6.45) is 6.14. The van der Waals surface area contributed by atoms with Gasteiger partial charge >= 0.3 is 0 Å². The summed E-state index contributed by atoms with van der Waals surface area (Å²) in [7, 11) is 1.80. The van der Waals surface area contributed by atoms with Crippen LogP contribution in [0.5, 0.6) is 0 Å². The van der Waals surface area contributed by atoms with Gasteiger partial charge in [-0.2, -0.15) is 11.8 Å². The molecule has 0 bridgehead atoms. The van der Waals surface area contributed by atoms with Gasteiger partial charge in [0, 0.05) is 38.3 Å². The number of halogens is 1. The number of nitrogens with zero attached hydrogens (tertiary/aromatic N) is 3. The lowest BCUT2D eigenvalue weighted by Gasteiger charge is -2.54. The molecule has 0 spiro atoms. The van der Waals surface area contributed by atoms with E-state index in [2.05, 4.69) is 0 Å². The summed E-state index contributed by atoms with van der Waals surface area (Å²) < 4.78 is 1.73. The van der Waals surface area contributed by atoms with Crippen LogP contribution in [0.4, 0.5) is 0 Å². The van der Waals surface area contributed by atoms with Gasteiger partial charge < -0.3 is 19.5 Å². The third-order valence-corrected chi connectivity index (χ3v) is 6.55. The number of carbonyl (C=O) groups excluding carboxylic acids is 2. The second-order valence-corrected chi connectivity index (χ2v) is 8.62. The molecule has 0 radical (unpaired) electrons. The van der Waals surface area contributed by atoms with E-state index in [9.17, 15) is 14.7 Å². The van der Waals surface area contributed by atoms with Crippen molar-refractivity contribution >= 4 is 35.2 Å². The van der Waals surface area contributed by atoms with Gasteiger partial charge in [0.1, 0.15) is 5.69 Å². The van der Waals surface area contributed by atoms with Crippen LogP contribution in [0.25, 0.3) is 0 Å². The molecule has 2 atom stereocenters. The van der Waals surface area contributed by atoms with E-state index >= 15 is 0 Å². The average molecular weight is 400 g/mol. The molecule has 6 nitrogen and oxygen atoms in total. The van der Waals surface area contributed by atoms with Crippen LogP contribution in [0, 0.1) is 5.41 Å². The quantitative estimate of drug-likeness (QED) is 0.839. The minimum Gasteiger partial charge on any atom is -0.396 e. The number of piperidine rings is 2. The molecule has 8 heteroatoms. The van der Waals surface area contributed by atoms with Gasteiger partial charge in [0.25, 0.3) is 5.91 Å². The van der Waals surface area contributed by atoms with E-state index in [4.69, 9.17) is 11.6 Å². The highest BCUT2D eigenvalue weighted by Gasteiger charge is 2.49. The molecule has 1 aromatic heterocycles. The molecule has 0 unspecified atom stereocenters. The number of likely N-dealkylation sites (tertiary alicyclic amines) is 2. The first-order valence-electron chi connectivity index (χ1n) is 8.92.